The molecule has 20 heavy (non-hydrogen) atoms. The molecule has 5 heteroatoms. The number of benzene rings is 1. The van der Waals surface area contributed by atoms with Gasteiger partial charge in [0.2, 0.25) is 0 Å². The van der Waals surface area contributed by atoms with Crippen molar-refractivity contribution in [2.75, 3.05) is 20.3 Å². The predicted molar refractivity (Wildman–Crippen MR) is 87.8 cm³/mol. The molecule has 0 bridgehead atoms. The first-order chi connectivity index (χ1) is 9.62. The Labute approximate surface area is 134 Å². The maximum absolute atomic E-state index is 5.75. The van der Waals surface area contributed by atoms with E-state index in [1.54, 1.807) is 7.11 Å². The quantitative estimate of drug-likeness (QED) is 0.692. The minimum atomic E-state index is 0.436. The number of methoxy groups -OCH3 is 1. The molecule has 0 spiro atoms. The Hall–Kier alpha value is -0.710. The third-order valence-corrected chi connectivity index (χ3v) is 3.64. The van der Waals surface area contributed by atoms with Gasteiger partial charge in [-0.2, -0.15) is 0 Å². The van der Waals surface area contributed by atoms with Crippen molar-refractivity contribution in [2.45, 2.75) is 26.8 Å². The topological polar surface area (TPSA) is 30.5 Å². The van der Waals surface area contributed by atoms with Gasteiger partial charge >= 0.3 is 0 Å². The third-order valence-electron chi connectivity index (χ3n) is 2.68. The van der Waals surface area contributed by atoms with Gasteiger partial charge in [0.05, 0.1) is 11.6 Å². The molecule has 1 N–H and O–H groups in total. The lowest BCUT2D eigenvalue weighted by Crippen LogP contribution is -2.14. The molecule has 112 valence electrons. The summed E-state index contributed by atoms with van der Waals surface area (Å²) in [5.41, 5.74) is 3.62. The molecular formula is C15H21BrClNO2. The van der Waals surface area contributed by atoms with Gasteiger partial charge in [0.15, 0.2) is 11.5 Å². The van der Waals surface area contributed by atoms with Crippen molar-refractivity contribution in [2.24, 2.45) is 0 Å². The maximum Gasteiger partial charge on any atom is 0.175 e. The van der Waals surface area contributed by atoms with Crippen LogP contribution in [0.4, 0.5) is 0 Å². The summed E-state index contributed by atoms with van der Waals surface area (Å²) >= 11 is 9.17. The van der Waals surface area contributed by atoms with Gasteiger partial charge in [0.25, 0.3) is 0 Å². The van der Waals surface area contributed by atoms with Crippen molar-refractivity contribution in [3.8, 4) is 11.5 Å². The summed E-state index contributed by atoms with van der Waals surface area (Å²) in [7, 11) is 1.64. The van der Waals surface area contributed by atoms with Crippen LogP contribution in [-0.4, -0.2) is 20.3 Å². The molecular weight excluding hydrogens is 342 g/mol. The highest BCUT2D eigenvalue weighted by molar-refractivity contribution is 9.10. The van der Waals surface area contributed by atoms with Crippen molar-refractivity contribution in [1.82, 2.24) is 5.32 Å². The lowest BCUT2D eigenvalue weighted by molar-refractivity contribution is 0.317. The highest BCUT2D eigenvalue weighted by Gasteiger charge is 2.11. The molecule has 0 aromatic heterocycles. The summed E-state index contributed by atoms with van der Waals surface area (Å²) in [5.74, 6) is 1.42. The Kier molecular flexibility index (Phi) is 8.04. The van der Waals surface area contributed by atoms with Crippen molar-refractivity contribution in [3.05, 3.63) is 33.3 Å². The molecule has 3 nitrogen and oxygen atoms in total. The fourth-order valence-electron chi connectivity index (χ4n) is 1.64. The fraction of sp³-hybridized carbons (Fsp3) is 0.467. The Morgan fingerprint density at radius 2 is 2.20 bits per heavy atom. The van der Waals surface area contributed by atoms with Gasteiger partial charge in [-0.1, -0.05) is 18.5 Å². The summed E-state index contributed by atoms with van der Waals surface area (Å²) in [6, 6.07) is 4.03. The number of hydrogen-bond donors (Lipinski definition) is 1. The predicted octanol–water partition coefficient (Wildman–Crippen LogP) is 4.48. The largest absolute Gasteiger partial charge is 0.493 e. The van der Waals surface area contributed by atoms with Crippen LogP contribution in [0.25, 0.3) is 0 Å². The van der Waals surface area contributed by atoms with Crippen LogP contribution in [0.3, 0.4) is 0 Å². The molecule has 1 rings (SSSR count). The maximum atomic E-state index is 5.75. The molecule has 0 aliphatic heterocycles. The van der Waals surface area contributed by atoms with Crippen LogP contribution >= 0.6 is 27.5 Å². The van der Waals surface area contributed by atoms with Crippen molar-refractivity contribution in [3.63, 3.8) is 0 Å². The molecule has 1 aromatic carbocycles. The second-order valence-corrected chi connectivity index (χ2v) is 5.60. The second-order valence-electron chi connectivity index (χ2n) is 4.53. The van der Waals surface area contributed by atoms with Gasteiger partial charge < -0.3 is 14.8 Å². The first-order valence-corrected chi connectivity index (χ1v) is 7.81. The van der Waals surface area contributed by atoms with Gasteiger partial charge in [-0.3, -0.25) is 0 Å². The highest BCUT2D eigenvalue weighted by atomic mass is 79.9. The van der Waals surface area contributed by atoms with Gasteiger partial charge in [-0.15, -0.1) is 0 Å². The summed E-state index contributed by atoms with van der Waals surface area (Å²) in [6.45, 7) is 6.30. The van der Waals surface area contributed by atoms with E-state index < -0.39 is 0 Å². The minimum absolute atomic E-state index is 0.436. The average Bonchev–Trinajstić information content (AvgIpc) is 2.45. The number of nitrogens with one attached hydrogen (secondary N) is 1. The van der Waals surface area contributed by atoms with Crippen LogP contribution in [0, 0.1) is 0 Å². The zero-order valence-electron chi connectivity index (χ0n) is 12.1. The first kappa shape index (κ1) is 17.3. The molecule has 0 heterocycles. The number of ether oxygens (including phenoxy) is 2. The Morgan fingerprint density at radius 3 is 2.80 bits per heavy atom. The van der Waals surface area contributed by atoms with E-state index >= 15 is 0 Å². The molecule has 0 amide bonds. The smallest absolute Gasteiger partial charge is 0.175 e. The second kappa shape index (κ2) is 9.27. The fourth-order valence-corrected chi connectivity index (χ4v) is 2.31. The normalized spacial score (nSPS) is 11.6. The standard InChI is InChI=1S/C15H21BrClNO2/c1-4-5-18-9-12-6-13(16)15(14(7-12)19-3)20-10-11(2)8-17/h6-8,18H,4-5,9-10H2,1-3H3/b11-8+. The van der Waals surface area contributed by atoms with Gasteiger partial charge in [-0.25, -0.2) is 0 Å². The minimum Gasteiger partial charge on any atom is -0.493 e. The Bertz CT molecular complexity index is 463. The van der Waals surface area contributed by atoms with Crippen molar-refractivity contribution >= 4 is 27.5 Å². The lowest BCUT2D eigenvalue weighted by Gasteiger charge is -2.14. The van der Waals surface area contributed by atoms with Gasteiger partial charge in [0, 0.05) is 12.1 Å². The molecule has 1 aromatic rings. The highest BCUT2D eigenvalue weighted by Crippen LogP contribution is 2.36. The van der Waals surface area contributed by atoms with E-state index in [0.29, 0.717) is 12.4 Å². The molecule has 0 fully saturated rings. The summed E-state index contributed by atoms with van der Waals surface area (Å²) in [5, 5.41) is 3.36. The zero-order valence-corrected chi connectivity index (χ0v) is 14.5. The summed E-state index contributed by atoms with van der Waals surface area (Å²) in [4.78, 5) is 0. The average molecular weight is 363 g/mol. The van der Waals surface area contributed by atoms with Crippen LogP contribution in [0.1, 0.15) is 25.8 Å². The molecule has 0 atom stereocenters. The SMILES string of the molecule is CCCNCc1cc(Br)c(OC/C(C)=C/Cl)c(OC)c1. The van der Waals surface area contributed by atoms with Crippen LogP contribution in [0.15, 0.2) is 27.7 Å². The van der Waals surface area contributed by atoms with E-state index in [2.05, 4.69) is 28.2 Å². The Morgan fingerprint density at radius 1 is 1.45 bits per heavy atom. The summed E-state index contributed by atoms with van der Waals surface area (Å²) < 4.78 is 12.0. The van der Waals surface area contributed by atoms with Crippen LogP contribution in [-0.2, 0) is 6.54 Å². The number of hydrogen-bond acceptors (Lipinski definition) is 3. The molecule has 0 saturated heterocycles. The van der Waals surface area contributed by atoms with Gasteiger partial charge in [0.1, 0.15) is 6.61 Å². The molecule has 0 radical (unpaired) electrons. The van der Waals surface area contributed by atoms with E-state index in [0.717, 1.165) is 40.9 Å². The van der Waals surface area contributed by atoms with Gasteiger partial charge in [-0.05, 0) is 59.1 Å². The first-order valence-electron chi connectivity index (χ1n) is 6.58. The van der Waals surface area contributed by atoms with E-state index in [9.17, 15) is 0 Å². The molecule has 0 aliphatic carbocycles. The van der Waals surface area contributed by atoms with Crippen LogP contribution in [0.2, 0.25) is 0 Å². The van der Waals surface area contributed by atoms with E-state index in [1.807, 2.05) is 19.1 Å². The third kappa shape index (κ3) is 5.35. The molecule has 0 unspecified atom stereocenters. The van der Waals surface area contributed by atoms with E-state index in [4.69, 9.17) is 21.1 Å². The Balaban J connectivity index is 2.84. The summed E-state index contributed by atoms with van der Waals surface area (Å²) in [6.07, 6.45) is 1.11. The number of halogens is 2. The monoisotopic (exact) mass is 361 g/mol. The number of rotatable bonds is 8. The zero-order chi connectivity index (χ0) is 15.0. The van der Waals surface area contributed by atoms with E-state index in [-0.39, 0.29) is 0 Å². The molecule has 0 aliphatic rings. The van der Waals surface area contributed by atoms with Crippen LogP contribution < -0.4 is 14.8 Å². The van der Waals surface area contributed by atoms with Crippen molar-refractivity contribution < 1.29 is 9.47 Å². The molecule has 0 saturated carbocycles. The lowest BCUT2D eigenvalue weighted by atomic mass is 10.2. The van der Waals surface area contributed by atoms with Crippen LogP contribution in [0.5, 0.6) is 11.5 Å². The van der Waals surface area contributed by atoms with Crippen molar-refractivity contribution in [1.29, 1.82) is 0 Å². The van der Waals surface area contributed by atoms with E-state index in [1.165, 1.54) is 5.54 Å².